The zero-order chi connectivity index (χ0) is 20.9. The summed E-state index contributed by atoms with van der Waals surface area (Å²) in [5.41, 5.74) is 4.18. The van der Waals surface area contributed by atoms with Crippen LogP contribution in [0.3, 0.4) is 0 Å². The topological polar surface area (TPSA) is 41.6 Å². The summed E-state index contributed by atoms with van der Waals surface area (Å²) < 4.78 is 13.9. The molecule has 0 radical (unpaired) electrons. The third-order valence-corrected chi connectivity index (χ3v) is 7.60. The average Bonchev–Trinajstić information content (AvgIpc) is 3.52. The van der Waals surface area contributed by atoms with Gasteiger partial charge in [-0.1, -0.05) is 11.6 Å². The molecule has 2 aliphatic rings. The molecule has 2 aromatic heterocycles. The van der Waals surface area contributed by atoms with Gasteiger partial charge in [0.05, 0.1) is 16.6 Å². The van der Waals surface area contributed by atoms with Crippen LogP contribution in [-0.2, 0) is 0 Å². The number of fused-ring (bicyclic) bond motifs is 2. The Hall–Kier alpha value is -2.46. The number of halogens is 2. The first-order chi connectivity index (χ1) is 15.2. The van der Waals surface area contributed by atoms with Crippen molar-refractivity contribution < 1.29 is 4.39 Å². The van der Waals surface area contributed by atoms with Gasteiger partial charge < -0.3 is 4.98 Å². The number of hydrogen-bond donors (Lipinski definition) is 1. The van der Waals surface area contributed by atoms with Crippen molar-refractivity contribution in [2.45, 2.75) is 50.4 Å². The maximum atomic E-state index is 13.9. The Bertz CT molecular complexity index is 1250. The van der Waals surface area contributed by atoms with Gasteiger partial charge in [0.15, 0.2) is 0 Å². The van der Waals surface area contributed by atoms with Gasteiger partial charge in [0.1, 0.15) is 11.6 Å². The molecular weight excluding hydrogens is 409 g/mol. The van der Waals surface area contributed by atoms with Gasteiger partial charge in [-0.2, -0.15) is 0 Å². The van der Waals surface area contributed by atoms with Gasteiger partial charge in [-0.25, -0.2) is 9.37 Å². The predicted molar refractivity (Wildman–Crippen MR) is 123 cm³/mol. The standard InChI is InChI=1S/C26H25ClFN3/c27-18-7-9-23-24(13-18)31-26(30-23)25(17-5-6-17)16-3-1-15(2-4-16)20-11-12-29-22-10-8-19(28)14-21(20)22/h7-17,25H,1-6H2,(H,30,31)/t15-,16+,25-/m0/s1. The van der Waals surface area contributed by atoms with Crippen molar-refractivity contribution in [3.63, 3.8) is 0 Å². The molecule has 4 aromatic rings. The Morgan fingerprint density at radius 3 is 2.45 bits per heavy atom. The van der Waals surface area contributed by atoms with Gasteiger partial charge >= 0.3 is 0 Å². The Morgan fingerprint density at radius 2 is 1.68 bits per heavy atom. The fourth-order valence-electron chi connectivity index (χ4n) is 5.73. The molecule has 5 heteroatoms. The van der Waals surface area contributed by atoms with Gasteiger partial charge in [0.25, 0.3) is 0 Å². The maximum Gasteiger partial charge on any atom is 0.123 e. The Labute approximate surface area is 186 Å². The van der Waals surface area contributed by atoms with E-state index in [4.69, 9.17) is 16.6 Å². The van der Waals surface area contributed by atoms with Gasteiger partial charge in [-0.05, 0) is 104 Å². The van der Waals surface area contributed by atoms with Gasteiger partial charge in [-0.15, -0.1) is 0 Å². The second-order valence-corrected chi connectivity index (χ2v) is 9.76. The molecule has 2 aliphatic carbocycles. The fourth-order valence-corrected chi connectivity index (χ4v) is 5.89. The molecule has 3 nitrogen and oxygen atoms in total. The van der Waals surface area contributed by atoms with E-state index >= 15 is 0 Å². The quantitative estimate of drug-likeness (QED) is 0.365. The van der Waals surface area contributed by atoms with E-state index in [0.29, 0.717) is 17.8 Å². The number of rotatable bonds is 4. The first kappa shape index (κ1) is 19.2. The summed E-state index contributed by atoms with van der Waals surface area (Å²) >= 11 is 6.17. The highest BCUT2D eigenvalue weighted by molar-refractivity contribution is 6.31. The molecule has 0 spiro atoms. The fraction of sp³-hybridized carbons (Fsp3) is 0.385. The number of aromatic amines is 1. The molecule has 2 fully saturated rings. The maximum absolute atomic E-state index is 13.9. The van der Waals surface area contributed by atoms with Gasteiger partial charge in [0, 0.05) is 22.5 Å². The molecular formula is C26H25ClFN3. The number of nitrogens with zero attached hydrogens (tertiary/aromatic N) is 2. The summed E-state index contributed by atoms with van der Waals surface area (Å²) in [4.78, 5) is 13.0. The van der Waals surface area contributed by atoms with Crippen LogP contribution in [0, 0.1) is 17.7 Å². The number of imidazole rings is 1. The van der Waals surface area contributed by atoms with E-state index in [2.05, 4.69) is 16.0 Å². The van der Waals surface area contributed by atoms with Crippen molar-refractivity contribution in [3.05, 3.63) is 70.9 Å². The third kappa shape index (κ3) is 3.61. The number of benzene rings is 2. The van der Waals surface area contributed by atoms with Crippen molar-refractivity contribution >= 4 is 33.5 Å². The van der Waals surface area contributed by atoms with Crippen molar-refractivity contribution in [1.29, 1.82) is 0 Å². The smallest absolute Gasteiger partial charge is 0.123 e. The van der Waals surface area contributed by atoms with Crippen LogP contribution in [0.1, 0.15) is 61.7 Å². The largest absolute Gasteiger partial charge is 0.342 e. The van der Waals surface area contributed by atoms with E-state index < -0.39 is 0 Å². The molecule has 0 saturated heterocycles. The molecule has 31 heavy (non-hydrogen) atoms. The molecule has 1 N–H and O–H groups in total. The molecule has 2 heterocycles. The molecule has 0 bridgehead atoms. The predicted octanol–water partition coefficient (Wildman–Crippen LogP) is 7.37. The van der Waals surface area contributed by atoms with E-state index in [1.165, 1.54) is 37.3 Å². The van der Waals surface area contributed by atoms with Crippen LogP contribution in [-0.4, -0.2) is 15.0 Å². The normalized spacial score (nSPS) is 22.8. The first-order valence-corrected chi connectivity index (χ1v) is 11.7. The summed E-state index contributed by atoms with van der Waals surface area (Å²) in [6, 6.07) is 12.9. The van der Waals surface area contributed by atoms with E-state index in [-0.39, 0.29) is 5.82 Å². The van der Waals surface area contributed by atoms with Crippen molar-refractivity contribution in [1.82, 2.24) is 15.0 Å². The molecule has 0 amide bonds. The van der Waals surface area contributed by atoms with Crippen LogP contribution in [0.5, 0.6) is 0 Å². The molecule has 6 rings (SSSR count). The van der Waals surface area contributed by atoms with Gasteiger partial charge in [-0.3, -0.25) is 4.98 Å². The number of aromatic nitrogens is 3. The van der Waals surface area contributed by atoms with E-state index in [9.17, 15) is 4.39 Å². The lowest BCUT2D eigenvalue weighted by atomic mass is 9.72. The number of nitrogens with one attached hydrogen (secondary N) is 1. The van der Waals surface area contributed by atoms with E-state index in [0.717, 1.165) is 51.5 Å². The second kappa shape index (κ2) is 7.59. The first-order valence-electron chi connectivity index (χ1n) is 11.3. The Kier molecular flexibility index (Phi) is 4.71. The highest BCUT2D eigenvalue weighted by Gasteiger charge is 2.41. The van der Waals surface area contributed by atoms with Crippen LogP contribution < -0.4 is 0 Å². The van der Waals surface area contributed by atoms with Crippen molar-refractivity contribution in [2.24, 2.45) is 11.8 Å². The van der Waals surface area contributed by atoms with Crippen LogP contribution >= 0.6 is 11.6 Å². The summed E-state index contributed by atoms with van der Waals surface area (Å²) in [5, 5.41) is 1.70. The average molecular weight is 434 g/mol. The monoisotopic (exact) mass is 433 g/mol. The van der Waals surface area contributed by atoms with Crippen LogP contribution in [0.2, 0.25) is 5.02 Å². The minimum atomic E-state index is -0.186. The highest BCUT2D eigenvalue weighted by Crippen LogP contribution is 2.51. The SMILES string of the molecule is Fc1ccc2nccc([C@H]3CC[C@@H]([C@H](c4nc5cc(Cl)ccc5[nH]4)C4CC4)CC3)c2c1. The lowest BCUT2D eigenvalue weighted by molar-refractivity contribution is 0.259. The van der Waals surface area contributed by atoms with Crippen molar-refractivity contribution in [2.75, 3.05) is 0 Å². The Balaban J connectivity index is 1.25. The van der Waals surface area contributed by atoms with E-state index in [1.54, 1.807) is 12.1 Å². The van der Waals surface area contributed by atoms with Crippen LogP contribution in [0.4, 0.5) is 4.39 Å². The lowest BCUT2D eigenvalue weighted by Gasteiger charge is -2.34. The molecule has 2 saturated carbocycles. The van der Waals surface area contributed by atoms with Crippen molar-refractivity contribution in [3.8, 4) is 0 Å². The molecule has 1 atom stereocenters. The van der Waals surface area contributed by atoms with Crippen LogP contribution in [0.15, 0.2) is 48.7 Å². The van der Waals surface area contributed by atoms with E-state index in [1.807, 2.05) is 24.4 Å². The van der Waals surface area contributed by atoms with Gasteiger partial charge in [0.2, 0.25) is 0 Å². The highest BCUT2D eigenvalue weighted by atomic mass is 35.5. The minimum Gasteiger partial charge on any atom is -0.342 e. The third-order valence-electron chi connectivity index (χ3n) is 7.37. The molecule has 2 aromatic carbocycles. The Morgan fingerprint density at radius 1 is 0.903 bits per heavy atom. The summed E-state index contributed by atoms with van der Waals surface area (Å²) in [6.45, 7) is 0. The molecule has 0 aliphatic heterocycles. The number of H-pyrrole nitrogens is 1. The zero-order valence-electron chi connectivity index (χ0n) is 17.3. The lowest BCUT2D eigenvalue weighted by Crippen LogP contribution is -2.22. The second-order valence-electron chi connectivity index (χ2n) is 9.32. The van der Waals surface area contributed by atoms with Crippen LogP contribution in [0.25, 0.3) is 21.9 Å². The number of pyridine rings is 1. The summed E-state index contributed by atoms with van der Waals surface area (Å²) in [6.07, 6.45) is 9.11. The minimum absolute atomic E-state index is 0.186. The molecule has 158 valence electrons. The summed E-state index contributed by atoms with van der Waals surface area (Å²) in [7, 11) is 0. The molecule has 0 unspecified atom stereocenters. The summed E-state index contributed by atoms with van der Waals surface area (Å²) in [5.74, 6) is 3.31. The number of hydrogen-bond acceptors (Lipinski definition) is 2. The zero-order valence-corrected chi connectivity index (χ0v) is 18.1.